The predicted octanol–water partition coefficient (Wildman–Crippen LogP) is 3.41. The summed E-state index contributed by atoms with van der Waals surface area (Å²) in [6.45, 7) is 0. The van der Waals surface area contributed by atoms with Gasteiger partial charge in [0.1, 0.15) is 0 Å². The van der Waals surface area contributed by atoms with E-state index in [9.17, 15) is 0 Å². The Bertz CT molecular complexity index is 399. The van der Waals surface area contributed by atoms with Crippen LogP contribution in [0.25, 0.3) is 10.2 Å². The van der Waals surface area contributed by atoms with Gasteiger partial charge in [0.05, 0.1) is 21.4 Å². The zero-order chi connectivity index (χ0) is 8.55. The minimum absolute atomic E-state index is 0.759. The number of aromatic nitrogens is 1. The van der Waals surface area contributed by atoms with Crippen LogP contribution in [0.3, 0.4) is 0 Å². The van der Waals surface area contributed by atoms with Crippen LogP contribution in [0.15, 0.2) is 23.7 Å². The monoisotopic (exact) mass is 218 g/mol. The molecule has 0 spiro atoms. The molecule has 2 rings (SSSR count). The van der Waals surface area contributed by atoms with Gasteiger partial charge in [0.15, 0.2) is 0 Å². The Morgan fingerprint density at radius 2 is 2.17 bits per heavy atom. The van der Waals surface area contributed by atoms with Gasteiger partial charge in [0.25, 0.3) is 0 Å². The molecule has 0 aliphatic rings. The lowest BCUT2D eigenvalue weighted by Crippen LogP contribution is -1.90. The van der Waals surface area contributed by atoms with Crippen molar-refractivity contribution in [3.05, 3.63) is 23.7 Å². The van der Waals surface area contributed by atoms with E-state index in [2.05, 4.69) is 4.98 Å². The second-order valence-corrected chi connectivity index (χ2v) is 3.97. The zero-order valence-corrected chi connectivity index (χ0v) is 8.20. The van der Waals surface area contributed by atoms with E-state index in [1.165, 1.54) is 0 Å². The summed E-state index contributed by atoms with van der Waals surface area (Å²) >= 11 is 12.7. The van der Waals surface area contributed by atoms with Crippen LogP contribution < -0.4 is 3.94 Å². The maximum atomic E-state index is 5.55. The van der Waals surface area contributed by atoms with E-state index in [-0.39, 0.29) is 0 Å². The maximum Gasteiger partial charge on any atom is 0.0813 e. The van der Waals surface area contributed by atoms with Gasteiger partial charge in [-0.2, -0.15) is 3.94 Å². The molecule has 0 amide bonds. The number of hydrogen-bond acceptors (Lipinski definition) is 3. The third-order valence-electron chi connectivity index (χ3n) is 1.51. The van der Waals surface area contributed by atoms with E-state index in [4.69, 9.17) is 23.6 Å². The Labute approximate surface area is 83.6 Å². The number of rotatable bonds is 1. The number of benzene rings is 1. The number of nitrogens with zero attached hydrogens (tertiary/aromatic N) is 2. The van der Waals surface area contributed by atoms with Crippen LogP contribution in [0.4, 0.5) is 5.69 Å². The van der Waals surface area contributed by atoms with Gasteiger partial charge >= 0.3 is 0 Å². The van der Waals surface area contributed by atoms with Gasteiger partial charge in [-0.15, -0.1) is 11.3 Å². The quantitative estimate of drug-likeness (QED) is 0.683. The fourth-order valence-electron chi connectivity index (χ4n) is 0.949. The molecule has 0 bridgehead atoms. The number of halogens is 2. The smallest absolute Gasteiger partial charge is 0.0813 e. The number of hydrogen-bond donors (Lipinski definition) is 0. The van der Waals surface area contributed by atoms with Crippen molar-refractivity contribution < 1.29 is 0 Å². The molecule has 0 N–H and O–H groups in total. The summed E-state index contributed by atoms with van der Waals surface area (Å²) in [6, 6.07) is 5.61. The summed E-state index contributed by atoms with van der Waals surface area (Å²) in [5.74, 6) is 0. The predicted molar refractivity (Wildman–Crippen MR) is 53.8 cm³/mol. The van der Waals surface area contributed by atoms with E-state index in [1.54, 1.807) is 16.8 Å². The van der Waals surface area contributed by atoms with E-state index >= 15 is 0 Å². The average Bonchev–Trinajstić information content (AvgIpc) is 2.49. The standard InChI is InChI=1S/C7H4Cl2N2S/c8-11(9)5-1-2-6-7(3-5)12-4-10-6/h1-4H. The van der Waals surface area contributed by atoms with Crippen molar-refractivity contribution in [2.75, 3.05) is 3.94 Å². The minimum atomic E-state index is 0.759. The van der Waals surface area contributed by atoms with Crippen LogP contribution in [0.1, 0.15) is 0 Å². The van der Waals surface area contributed by atoms with Gasteiger partial charge in [-0.25, -0.2) is 4.98 Å². The second-order valence-electron chi connectivity index (χ2n) is 2.24. The molecule has 0 saturated heterocycles. The lowest BCUT2D eigenvalue weighted by Gasteiger charge is -2.03. The minimum Gasteiger partial charge on any atom is -0.245 e. The van der Waals surface area contributed by atoms with E-state index in [1.807, 2.05) is 18.2 Å². The molecule has 0 radical (unpaired) electrons. The van der Waals surface area contributed by atoms with Crippen molar-refractivity contribution in [2.45, 2.75) is 0 Å². The van der Waals surface area contributed by atoms with Gasteiger partial charge in [-0.3, -0.25) is 0 Å². The summed E-state index contributed by atoms with van der Waals surface area (Å²) in [5, 5.41) is 0. The lowest BCUT2D eigenvalue weighted by molar-refractivity contribution is 1.49. The van der Waals surface area contributed by atoms with Gasteiger partial charge in [0, 0.05) is 23.6 Å². The Morgan fingerprint density at radius 1 is 1.33 bits per heavy atom. The lowest BCUT2D eigenvalue weighted by atomic mass is 10.3. The highest BCUT2D eigenvalue weighted by molar-refractivity contribution is 7.16. The molecular weight excluding hydrogens is 215 g/mol. The highest BCUT2D eigenvalue weighted by Crippen LogP contribution is 2.26. The number of thiazole rings is 1. The molecule has 0 unspecified atom stereocenters. The first-order chi connectivity index (χ1) is 5.77. The van der Waals surface area contributed by atoms with Crippen molar-refractivity contribution in [1.82, 2.24) is 4.98 Å². The van der Waals surface area contributed by atoms with Gasteiger partial charge in [-0.05, 0) is 18.2 Å². The number of fused-ring (bicyclic) bond motifs is 1. The fourth-order valence-corrected chi connectivity index (χ4v) is 1.87. The highest BCUT2D eigenvalue weighted by Gasteiger charge is 2.01. The molecule has 1 aromatic heterocycles. The highest BCUT2D eigenvalue weighted by atomic mass is 35.5. The molecule has 1 heterocycles. The summed E-state index contributed by atoms with van der Waals surface area (Å²) in [6.07, 6.45) is 0. The maximum absolute atomic E-state index is 5.55. The molecule has 0 fully saturated rings. The molecule has 0 atom stereocenters. The van der Waals surface area contributed by atoms with Crippen LogP contribution in [-0.2, 0) is 0 Å². The molecule has 2 aromatic rings. The van der Waals surface area contributed by atoms with Crippen LogP contribution in [0.5, 0.6) is 0 Å². The van der Waals surface area contributed by atoms with Crippen molar-refractivity contribution in [2.24, 2.45) is 0 Å². The Balaban J connectivity index is 2.60. The molecule has 1 aromatic carbocycles. The van der Waals surface area contributed by atoms with Gasteiger partial charge in [0.2, 0.25) is 0 Å². The van der Waals surface area contributed by atoms with E-state index in [0.29, 0.717) is 0 Å². The first-order valence-corrected chi connectivity index (χ1v) is 4.78. The Hall–Kier alpha value is -0.510. The van der Waals surface area contributed by atoms with Crippen molar-refractivity contribution >= 4 is 50.8 Å². The summed E-state index contributed by atoms with van der Waals surface area (Å²) in [5.41, 5.74) is 3.52. The second kappa shape index (κ2) is 3.09. The van der Waals surface area contributed by atoms with Crippen molar-refractivity contribution in [3.63, 3.8) is 0 Å². The third kappa shape index (κ3) is 1.35. The molecule has 0 aliphatic heterocycles. The molecule has 62 valence electrons. The van der Waals surface area contributed by atoms with Crippen LogP contribution in [0, 0.1) is 0 Å². The van der Waals surface area contributed by atoms with Gasteiger partial charge in [-0.1, -0.05) is 0 Å². The Kier molecular flexibility index (Phi) is 2.09. The van der Waals surface area contributed by atoms with Crippen LogP contribution >= 0.6 is 34.9 Å². The fraction of sp³-hybridized carbons (Fsp3) is 0. The summed E-state index contributed by atoms with van der Waals surface area (Å²) in [7, 11) is 0. The summed E-state index contributed by atoms with van der Waals surface area (Å²) in [4.78, 5) is 4.13. The Morgan fingerprint density at radius 3 is 2.92 bits per heavy atom. The molecule has 0 aliphatic carbocycles. The van der Waals surface area contributed by atoms with Crippen LogP contribution in [0.2, 0.25) is 0 Å². The molecule has 12 heavy (non-hydrogen) atoms. The van der Waals surface area contributed by atoms with E-state index < -0.39 is 0 Å². The van der Waals surface area contributed by atoms with E-state index in [0.717, 1.165) is 19.8 Å². The molecule has 0 saturated carbocycles. The van der Waals surface area contributed by atoms with Crippen molar-refractivity contribution in [1.29, 1.82) is 0 Å². The number of anilines is 1. The van der Waals surface area contributed by atoms with Crippen molar-refractivity contribution in [3.8, 4) is 0 Å². The average molecular weight is 219 g/mol. The first-order valence-electron chi connectivity index (χ1n) is 3.22. The zero-order valence-electron chi connectivity index (χ0n) is 5.87. The van der Waals surface area contributed by atoms with Gasteiger partial charge < -0.3 is 0 Å². The first kappa shape index (κ1) is 8.10. The molecule has 5 heteroatoms. The molecular formula is C7H4Cl2N2S. The summed E-state index contributed by atoms with van der Waals surface area (Å²) < 4.78 is 2.12. The SMILES string of the molecule is ClN(Cl)c1ccc2ncsc2c1. The molecule has 2 nitrogen and oxygen atoms in total. The largest absolute Gasteiger partial charge is 0.245 e. The van der Waals surface area contributed by atoms with Crippen LogP contribution in [-0.4, -0.2) is 4.98 Å². The third-order valence-corrected chi connectivity index (χ3v) is 2.69. The normalized spacial score (nSPS) is 10.5. The topological polar surface area (TPSA) is 16.1 Å².